The van der Waals surface area contributed by atoms with Crippen LogP contribution in [0.5, 0.6) is 0 Å². The fraction of sp³-hybridized carbons (Fsp3) is 0.524. The van der Waals surface area contributed by atoms with Gasteiger partial charge in [-0.25, -0.2) is 0 Å². The zero-order valence-electron chi connectivity index (χ0n) is 16.0. The molecule has 0 unspecified atom stereocenters. The average Bonchev–Trinajstić information content (AvgIpc) is 2.98. The number of hydrogen-bond acceptors (Lipinski definition) is 3. The van der Waals surface area contributed by atoms with E-state index in [1.807, 2.05) is 17.9 Å². The van der Waals surface area contributed by atoms with Gasteiger partial charge < -0.3 is 4.90 Å². The molecule has 1 aromatic heterocycles. The summed E-state index contributed by atoms with van der Waals surface area (Å²) in [5, 5.41) is 4.52. The maximum atomic E-state index is 12.4. The largest absolute Gasteiger partial charge is 0.340 e. The van der Waals surface area contributed by atoms with Crippen LogP contribution < -0.4 is 0 Å². The van der Waals surface area contributed by atoms with Crippen molar-refractivity contribution in [3.63, 3.8) is 0 Å². The second kappa shape index (κ2) is 8.99. The fourth-order valence-electron chi connectivity index (χ4n) is 3.60. The highest BCUT2D eigenvalue weighted by atomic mass is 16.2. The van der Waals surface area contributed by atoms with Gasteiger partial charge in [0.05, 0.1) is 12.2 Å². The van der Waals surface area contributed by atoms with Gasteiger partial charge in [0.2, 0.25) is 5.91 Å². The standard InChI is InChI=1S/C21H30N4O/c1-18-17-19(2)25(22-18)16-13-23-11-14-24(15-12-23)21(26)10-6-9-20-7-4-3-5-8-20/h3-5,7-8,17H,6,9-16H2,1-2H3. The van der Waals surface area contributed by atoms with E-state index in [1.54, 1.807) is 0 Å². The van der Waals surface area contributed by atoms with Gasteiger partial charge in [0.25, 0.3) is 0 Å². The molecule has 26 heavy (non-hydrogen) atoms. The summed E-state index contributed by atoms with van der Waals surface area (Å²) >= 11 is 0. The van der Waals surface area contributed by atoms with Gasteiger partial charge in [0, 0.05) is 44.8 Å². The van der Waals surface area contributed by atoms with Gasteiger partial charge in [0.1, 0.15) is 0 Å². The third kappa shape index (κ3) is 5.18. The number of nitrogens with zero attached hydrogens (tertiary/aromatic N) is 4. The number of rotatable bonds is 7. The monoisotopic (exact) mass is 354 g/mol. The molecule has 1 aliphatic heterocycles. The van der Waals surface area contributed by atoms with E-state index in [-0.39, 0.29) is 0 Å². The Hall–Kier alpha value is -2.14. The van der Waals surface area contributed by atoms with Crippen molar-refractivity contribution in [2.24, 2.45) is 0 Å². The first-order valence-corrected chi connectivity index (χ1v) is 9.67. The normalized spacial score (nSPS) is 15.4. The van der Waals surface area contributed by atoms with Crippen molar-refractivity contribution < 1.29 is 4.79 Å². The number of aryl methyl sites for hydroxylation is 3. The minimum absolute atomic E-state index is 0.305. The molecule has 0 bridgehead atoms. The van der Waals surface area contributed by atoms with Crippen molar-refractivity contribution in [1.29, 1.82) is 0 Å². The van der Waals surface area contributed by atoms with Crippen LogP contribution in [0.15, 0.2) is 36.4 Å². The Balaban J connectivity index is 1.35. The summed E-state index contributed by atoms with van der Waals surface area (Å²) in [6, 6.07) is 12.5. The van der Waals surface area contributed by atoms with E-state index >= 15 is 0 Å². The molecule has 5 nitrogen and oxygen atoms in total. The third-order valence-corrected chi connectivity index (χ3v) is 5.16. The molecule has 2 aromatic rings. The molecule has 1 saturated heterocycles. The molecule has 0 radical (unpaired) electrons. The quantitative estimate of drug-likeness (QED) is 0.768. The molecule has 1 amide bonds. The number of aromatic nitrogens is 2. The number of piperazine rings is 1. The lowest BCUT2D eigenvalue weighted by atomic mass is 10.1. The van der Waals surface area contributed by atoms with Gasteiger partial charge in [-0.3, -0.25) is 14.4 Å². The first kappa shape index (κ1) is 18.6. The molecule has 1 aliphatic rings. The topological polar surface area (TPSA) is 41.4 Å². The molecule has 1 aromatic carbocycles. The first-order valence-electron chi connectivity index (χ1n) is 9.67. The Bertz CT molecular complexity index is 702. The minimum atomic E-state index is 0.305. The van der Waals surface area contributed by atoms with E-state index in [0.29, 0.717) is 12.3 Å². The highest BCUT2D eigenvalue weighted by Gasteiger charge is 2.20. The van der Waals surface area contributed by atoms with Crippen molar-refractivity contribution >= 4 is 5.91 Å². The van der Waals surface area contributed by atoms with Gasteiger partial charge in [-0.2, -0.15) is 5.10 Å². The van der Waals surface area contributed by atoms with Crippen LogP contribution in [-0.4, -0.2) is 58.2 Å². The maximum Gasteiger partial charge on any atom is 0.222 e. The van der Waals surface area contributed by atoms with Gasteiger partial charge in [-0.15, -0.1) is 0 Å². The van der Waals surface area contributed by atoms with Crippen LogP contribution in [-0.2, 0) is 17.8 Å². The van der Waals surface area contributed by atoms with Gasteiger partial charge in [-0.1, -0.05) is 30.3 Å². The summed E-state index contributed by atoms with van der Waals surface area (Å²) < 4.78 is 2.08. The predicted octanol–water partition coefficient (Wildman–Crippen LogP) is 2.67. The number of carbonyl (C=O) groups excluding carboxylic acids is 1. The van der Waals surface area contributed by atoms with Gasteiger partial charge >= 0.3 is 0 Å². The van der Waals surface area contributed by atoms with E-state index < -0.39 is 0 Å². The highest BCUT2D eigenvalue weighted by Crippen LogP contribution is 2.09. The van der Waals surface area contributed by atoms with E-state index in [0.717, 1.165) is 57.8 Å². The lowest BCUT2D eigenvalue weighted by Crippen LogP contribution is -2.49. The van der Waals surface area contributed by atoms with Crippen LogP contribution in [0.25, 0.3) is 0 Å². The summed E-state index contributed by atoms with van der Waals surface area (Å²) in [5.74, 6) is 0.305. The number of carbonyl (C=O) groups is 1. The summed E-state index contributed by atoms with van der Waals surface area (Å²) in [6.07, 6.45) is 2.57. The van der Waals surface area contributed by atoms with Gasteiger partial charge in [-0.05, 0) is 38.3 Å². The molecule has 0 saturated carbocycles. The van der Waals surface area contributed by atoms with Crippen LogP contribution in [0.1, 0.15) is 29.8 Å². The SMILES string of the molecule is Cc1cc(C)n(CCN2CCN(C(=O)CCCc3ccccc3)CC2)n1. The van der Waals surface area contributed by atoms with Crippen LogP contribution >= 0.6 is 0 Å². The lowest BCUT2D eigenvalue weighted by Gasteiger charge is -2.34. The lowest BCUT2D eigenvalue weighted by molar-refractivity contribution is -0.133. The Labute approximate surface area is 156 Å². The Morgan fingerprint density at radius 1 is 1.04 bits per heavy atom. The molecule has 0 N–H and O–H groups in total. The maximum absolute atomic E-state index is 12.4. The minimum Gasteiger partial charge on any atom is -0.340 e. The van der Waals surface area contributed by atoms with E-state index in [9.17, 15) is 4.79 Å². The van der Waals surface area contributed by atoms with E-state index in [1.165, 1.54) is 11.3 Å². The molecule has 2 heterocycles. The summed E-state index contributed by atoms with van der Waals surface area (Å²) in [5.41, 5.74) is 3.61. The Kier molecular flexibility index (Phi) is 6.45. The number of hydrogen-bond donors (Lipinski definition) is 0. The van der Waals surface area contributed by atoms with E-state index in [2.05, 4.69) is 51.9 Å². The molecular weight excluding hydrogens is 324 g/mol. The number of amides is 1. The van der Waals surface area contributed by atoms with Crippen molar-refractivity contribution in [3.8, 4) is 0 Å². The third-order valence-electron chi connectivity index (χ3n) is 5.16. The second-order valence-corrected chi connectivity index (χ2v) is 7.21. The molecule has 5 heteroatoms. The Morgan fingerprint density at radius 3 is 2.42 bits per heavy atom. The molecule has 0 spiro atoms. The van der Waals surface area contributed by atoms with Crippen LogP contribution in [0.4, 0.5) is 0 Å². The summed E-state index contributed by atoms with van der Waals surface area (Å²) in [6.45, 7) is 9.68. The van der Waals surface area contributed by atoms with Crippen LogP contribution in [0.3, 0.4) is 0 Å². The second-order valence-electron chi connectivity index (χ2n) is 7.21. The molecule has 0 atom stereocenters. The molecule has 3 rings (SSSR count). The van der Waals surface area contributed by atoms with E-state index in [4.69, 9.17) is 0 Å². The summed E-state index contributed by atoms with van der Waals surface area (Å²) in [4.78, 5) is 16.9. The summed E-state index contributed by atoms with van der Waals surface area (Å²) in [7, 11) is 0. The molecule has 1 fully saturated rings. The van der Waals surface area contributed by atoms with Crippen molar-refractivity contribution in [2.45, 2.75) is 39.7 Å². The zero-order chi connectivity index (χ0) is 18.4. The molecule has 140 valence electrons. The van der Waals surface area contributed by atoms with Crippen LogP contribution in [0, 0.1) is 13.8 Å². The highest BCUT2D eigenvalue weighted by molar-refractivity contribution is 5.76. The number of benzene rings is 1. The average molecular weight is 354 g/mol. The Morgan fingerprint density at radius 2 is 1.77 bits per heavy atom. The smallest absolute Gasteiger partial charge is 0.222 e. The zero-order valence-corrected chi connectivity index (χ0v) is 16.0. The van der Waals surface area contributed by atoms with Crippen molar-refractivity contribution in [3.05, 3.63) is 53.3 Å². The first-order chi connectivity index (χ1) is 12.6. The fourth-order valence-corrected chi connectivity index (χ4v) is 3.60. The predicted molar refractivity (Wildman–Crippen MR) is 104 cm³/mol. The van der Waals surface area contributed by atoms with Crippen molar-refractivity contribution in [2.75, 3.05) is 32.7 Å². The van der Waals surface area contributed by atoms with Crippen LogP contribution in [0.2, 0.25) is 0 Å². The van der Waals surface area contributed by atoms with Gasteiger partial charge in [0.15, 0.2) is 0 Å². The van der Waals surface area contributed by atoms with Crippen molar-refractivity contribution in [1.82, 2.24) is 19.6 Å². The molecular formula is C21H30N4O. The molecule has 0 aliphatic carbocycles.